The van der Waals surface area contributed by atoms with E-state index in [1.165, 1.54) is 11.1 Å². The Balaban J connectivity index is 2.44. The highest BCUT2D eigenvalue weighted by atomic mass is 32.1. The van der Waals surface area contributed by atoms with Gasteiger partial charge in [-0.3, -0.25) is 4.98 Å². The first kappa shape index (κ1) is 15.7. The summed E-state index contributed by atoms with van der Waals surface area (Å²) in [6.07, 6.45) is 0.734. The molecule has 4 heteroatoms. The summed E-state index contributed by atoms with van der Waals surface area (Å²) < 4.78 is 0. The first-order chi connectivity index (χ1) is 9.97. The number of hydrogen-bond acceptors (Lipinski definition) is 3. The van der Waals surface area contributed by atoms with Gasteiger partial charge >= 0.3 is 0 Å². The van der Waals surface area contributed by atoms with E-state index in [1.807, 2.05) is 13.0 Å². The van der Waals surface area contributed by atoms with Crippen LogP contribution in [0.2, 0.25) is 0 Å². The molecule has 0 saturated carbocycles. The summed E-state index contributed by atoms with van der Waals surface area (Å²) in [6.45, 7) is 8.32. The van der Waals surface area contributed by atoms with Gasteiger partial charge < -0.3 is 10.6 Å². The third kappa shape index (κ3) is 4.14. The van der Waals surface area contributed by atoms with Crippen LogP contribution in [0.25, 0.3) is 10.9 Å². The first-order valence-corrected chi connectivity index (χ1v) is 7.78. The van der Waals surface area contributed by atoms with E-state index in [9.17, 15) is 0 Å². The maximum atomic E-state index is 5.68. The number of anilines is 1. The lowest BCUT2D eigenvalue weighted by atomic mass is 10.1. The molecule has 1 aromatic heterocycles. The van der Waals surface area contributed by atoms with Gasteiger partial charge in [-0.15, -0.1) is 0 Å². The van der Waals surface area contributed by atoms with Gasteiger partial charge in [-0.05, 0) is 25.0 Å². The number of thiocarbonyl (C=S) groups is 1. The molecule has 0 aliphatic carbocycles. The van der Waals surface area contributed by atoms with E-state index >= 15 is 0 Å². The number of hydrogen-bond donors (Lipinski definition) is 1. The molecule has 2 N–H and O–H groups in total. The summed E-state index contributed by atoms with van der Waals surface area (Å²) in [5, 5.41) is 1.19. The number of rotatable bonds is 6. The normalized spacial score (nSPS) is 11.0. The Kier molecular flexibility index (Phi) is 5.12. The molecule has 2 aromatic rings. The zero-order chi connectivity index (χ0) is 15.4. The van der Waals surface area contributed by atoms with Gasteiger partial charge in [-0.1, -0.05) is 44.3 Å². The molecule has 0 unspecified atom stereocenters. The summed E-state index contributed by atoms with van der Waals surface area (Å²) in [5.41, 5.74) is 8.98. The minimum atomic E-state index is 0.568. The number of aromatic nitrogens is 1. The average Bonchev–Trinajstić information content (AvgIpc) is 2.42. The highest BCUT2D eigenvalue weighted by Gasteiger charge is 2.13. The second-order valence-electron chi connectivity index (χ2n) is 5.86. The van der Waals surface area contributed by atoms with Crippen LogP contribution in [0.3, 0.4) is 0 Å². The predicted molar refractivity (Wildman–Crippen MR) is 94.9 cm³/mol. The predicted octanol–water partition coefficient (Wildman–Crippen LogP) is 3.68. The van der Waals surface area contributed by atoms with Gasteiger partial charge in [0.2, 0.25) is 0 Å². The van der Waals surface area contributed by atoms with Gasteiger partial charge in [0.25, 0.3) is 0 Å². The van der Waals surface area contributed by atoms with Crippen molar-refractivity contribution in [1.82, 2.24) is 4.98 Å². The third-order valence-electron chi connectivity index (χ3n) is 3.38. The highest BCUT2D eigenvalue weighted by molar-refractivity contribution is 7.80. The van der Waals surface area contributed by atoms with Crippen molar-refractivity contribution >= 4 is 33.8 Å². The van der Waals surface area contributed by atoms with E-state index in [0.717, 1.165) is 30.7 Å². The molecule has 3 nitrogen and oxygen atoms in total. The van der Waals surface area contributed by atoms with Crippen molar-refractivity contribution in [3.8, 4) is 0 Å². The van der Waals surface area contributed by atoms with Crippen LogP contribution >= 0.6 is 12.2 Å². The zero-order valence-corrected chi connectivity index (χ0v) is 13.8. The fraction of sp³-hybridized carbons (Fsp3) is 0.412. The number of pyridine rings is 1. The standard InChI is InChI=1S/C17H23N3S/c1-12(2)11-20(9-8-17(18)21)16-10-13(3)19-15-7-5-4-6-14(15)16/h4-7,10,12H,8-9,11H2,1-3H3,(H2,18,21). The number of nitrogens with two attached hydrogens (primary N) is 1. The zero-order valence-electron chi connectivity index (χ0n) is 13.0. The maximum Gasteiger partial charge on any atom is 0.0745 e. The summed E-state index contributed by atoms with van der Waals surface area (Å²) in [7, 11) is 0. The number of benzene rings is 1. The molecule has 0 atom stereocenters. The summed E-state index contributed by atoms with van der Waals surface area (Å²) >= 11 is 5.04. The van der Waals surface area contributed by atoms with Gasteiger partial charge in [-0.2, -0.15) is 0 Å². The minimum Gasteiger partial charge on any atom is -0.393 e. The molecule has 0 amide bonds. The molecule has 1 aromatic carbocycles. The van der Waals surface area contributed by atoms with E-state index < -0.39 is 0 Å². The van der Waals surface area contributed by atoms with E-state index in [-0.39, 0.29) is 0 Å². The van der Waals surface area contributed by atoms with Crippen molar-refractivity contribution in [3.63, 3.8) is 0 Å². The van der Waals surface area contributed by atoms with E-state index in [0.29, 0.717) is 10.9 Å². The Labute approximate surface area is 132 Å². The lowest BCUT2D eigenvalue weighted by Crippen LogP contribution is -2.31. The molecule has 112 valence electrons. The monoisotopic (exact) mass is 301 g/mol. The lowest BCUT2D eigenvalue weighted by Gasteiger charge is -2.28. The van der Waals surface area contributed by atoms with Gasteiger partial charge in [0.1, 0.15) is 0 Å². The van der Waals surface area contributed by atoms with Gasteiger partial charge in [-0.25, -0.2) is 0 Å². The fourth-order valence-electron chi connectivity index (χ4n) is 2.54. The second kappa shape index (κ2) is 6.85. The largest absolute Gasteiger partial charge is 0.393 e. The van der Waals surface area contributed by atoms with Crippen molar-refractivity contribution in [2.75, 3.05) is 18.0 Å². The quantitative estimate of drug-likeness (QED) is 0.826. The summed E-state index contributed by atoms with van der Waals surface area (Å²) in [5.74, 6) is 0.573. The number of nitrogens with zero attached hydrogens (tertiary/aromatic N) is 2. The molecule has 0 radical (unpaired) electrons. The molecule has 0 fully saturated rings. The van der Waals surface area contributed by atoms with E-state index in [1.54, 1.807) is 0 Å². The molecule has 0 aliphatic heterocycles. The van der Waals surface area contributed by atoms with Crippen LogP contribution in [-0.4, -0.2) is 23.1 Å². The van der Waals surface area contributed by atoms with Crippen LogP contribution in [0.5, 0.6) is 0 Å². The van der Waals surface area contributed by atoms with Gasteiger partial charge in [0.15, 0.2) is 0 Å². The van der Waals surface area contributed by atoms with Crippen LogP contribution < -0.4 is 10.6 Å². The molecule has 0 bridgehead atoms. The van der Waals surface area contributed by atoms with Crippen molar-refractivity contribution in [2.24, 2.45) is 11.7 Å². The van der Waals surface area contributed by atoms with E-state index in [2.05, 4.69) is 48.0 Å². The molecular formula is C17H23N3S. The molecule has 2 rings (SSSR count). The van der Waals surface area contributed by atoms with Crippen molar-refractivity contribution in [3.05, 3.63) is 36.0 Å². The summed E-state index contributed by atoms with van der Waals surface area (Å²) in [6, 6.07) is 10.4. The van der Waals surface area contributed by atoms with Crippen LogP contribution in [0.15, 0.2) is 30.3 Å². The Hall–Kier alpha value is -1.68. The van der Waals surface area contributed by atoms with Crippen LogP contribution in [0.4, 0.5) is 5.69 Å². The number of para-hydroxylation sites is 1. The first-order valence-electron chi connectivity index (χ1n) is 7.37. The Morgan fingerprint density at radius 2 is 2.05 bits per heavy atom. The van der Waals surface area contributed by atoms with Crippen molar-refractivity contribution in [2.45, 2.75) is 27.2 Å². The van der Waals surface area contributed by atoms with E-state index in [4.69, 9.17) is 18.0 Å². The molecule has 1 heterocycles. The maximum absolute atomic E-state index is 5.68. The topological polar surface area (TPSA) is 42.1 Å². The van der Waals surface area contributed by atoms with Crippen molar-refractivity contribution in [1.29, 1.82) is 0 Å². The van der Waals surface area contributed by atoms with Crippen LogP contribution in [-0.2, 0) is 0 Å². The number of fused-ring (bicyclic) bond motifs is 1. The minimum absolute atomic E-state index is 0.568. The Bertz CT molecular complexity index is 637. The third-order valence-corrected chi connectivity index (χ3v) is 3.58. The smallest absolute Gasteiger partial charge is 0.0745 e. The van der Waals surface area contributed by atoms with Gasteiger partial charge in [0, 0.05) is 36.3 Å². The molecule has 0 spiro atoms. The van der Waals surface area contributed by atoms with Crippen molar-refractivity contribution < 1.29 is 0 Å². The Morgan fingerprint density at radius 3 is 2.71 bits per heavy atom. The lowest BCUT2D eigenvalue weighted by molar-refractivity contribution is 0.614. The Morgan fingerprint density at radius 1 is 1.33 bits per heavy atom. The average molecular weight is 301 g/mol. The number of aryl methyl sites for hydroxylation is 1. The highest BCUT2D eigenvalue weighted by Crippen LogP contribution is 2.27. The fourth-order valence-corrected chi connectivity index (χ4v) is 2.63. The van der Waals surface area contributed by atoms with Gasteiger partial charge in [0.05, 0.1) is 10.5 Å². The summed E-state index contributed by atoms with van der Waals surface area (Å²) in [4.78, 5) is 7.56. The SMILES string of the molecule is Cc1cc(N(CCC(N)=S)CC(C)C)c2ccccc2n1. The molecular weight excluding hydrogens is 278 g/mol. The molecule has 0 saturated heterocycles. The van der Waals surface area contributed by atoms with Crippen LogP contribution in [0, 0.1) is 12.8 Å². The molecule has 0 aliphatic rings. The molecule has 21 heavy (non-hydrogen) atoms. The second-order valence-corrected chi connectivity index (χ2v) is 6.38. The van der Waals surface area contributed by atoms with Crippen LogP contribution in [0.1, 0.15) is 26.0 Å².